The molecule has 0 atom stereocenters. The molecule has 7 heteroatoms. The molecule has 0 radical (unpaired) electrons. The van der Waals surface area contributed by atoms with Gasteiger partial charge in [0.15, 0.2) is 6.67 Å². The van der Waals surface area contributed by atoms with Gasteiger partial charge in [-0.3, -0.25) is 0 Å². The summed E-state index contributed by atoms with van der Waals surface area (Å²) in [4.78, 5) is 2.88. The van der Waals surface area contributed by atoms with Crippen LogP contribution >= 0.6 is 23.6 Å². The molecule has 2 fully saturated rings. The fourth-order valence-corrected chi connectivity index (χ4v) is 5.06. The third-order valence-electron chi connectivity index (χ3n) is 5.37. The second kappa shape index (κ2) is 8.12. The smallest absolute Gasteiger partial charge is 0.203 e. The Kier molecular flexibility index (Phi) is 5.65. The van der Waals surface area contributed by atoms with E-state index in [1.807, 2.05) is 0 Å². The van der Waals surface area contributed by atoms with E-state index in [0.717, 1.165) is 50.0 Å². The molecule has 1 aliphatic heterocycles. The van der Waals surface area contributed by atoms with E-state index in [1.165, 1.54) is 41.9 Å². The van der Waals surface area contributed by atoms with Gasteiger partial charge in [0.25, 0.3) is 0 Å². The lowest BCUT2D eigenvalue weighted by Crippen LogP contribution is -3.13. The van der Waals surface area contributed by atoms with Crippen molar-refractivity contribution < 1.29 is 9.64 Å². The van der Waals surface area contributed by atoms with Gasteiger partial charge in [0, 0.05) is 17.3 Å². The molecular formula is C18H27N4OS2+. The monoisotopic (exact) mass is 379 g/mol. The van der Waals surface area contributed by atoms with Gasteiger partial charge in [-0.15, -0.1) is 11.3 Å². The van der Waals surface area contributed by atoms with Gasteiger partial charge < -0.3 is 14.2 Å². The molecule has 1 saturated carbocycles. The van der Waals surface area contributed by atoms with Crippen molar-refractivity contribution in [2.24, 2.45) is 0 Å². The summed E-state index contributed by atoms with van der Waals surface area (Å²) in [6.07, 6.45) is 7.35. The molecular weight excluding hydrogens is 352 g/mol. The van der Waals surface area contributed by atoms with Gasteiger partial charge in [-0.2, -0.15) is 9.78 Å². The van der Waals surface area contributed by atoms with Gasteiger partial charge in [-0.05, 0) is 36.5 Å². The number of hydrogen-bond acceptors (Lipinski definition) is 4. The van der Waals surface area contributed by atoms with Crippen LogP contribution in [0.4, 0.5) is 0 Å². The first-order valence-electron chi connectivity index (χ1n) is 9.43. The maximum absolute atomic E-state index is 5.88. The summed E-state index contributed by atoms with van der Waals surface area (Å²) in [7, 11) is 0. The molecule has 0 spiro atoms. The Morgan fingerprint density at radius 2 is 2.04 bits per heavy atom. The van der Waals surface area contributed by atoms with Gasteiger partial charge in [0.05, 0.1) is 13.2 Å². The second-order valence-corrected chi connectivity index (χ2v) is 8.53. The van der Waals surface area contributed by atoms with Crippen LogP contribution in [0.25, 0.3) is 0 Å². The van der Waals surface area contributed by atoms with Crippen LogP contribution < -0.4 is 4.90 Å². The minimum absolute atomic E-state index is 0.532. The number of nitrogens with one attached hydrogen (secondary N) is 1. The van der Waals surface area contributed by atoms with Crippen molar-refractivity contribution in [1.82, 2.24) is 14.3 Å². The fourth-order valence-electron chi connectivity index (χ4n) is 3.99. The minimum Gasteiger partial charge on any atom is -0.370 e. The van der Waals surface area contributed by atoms with Gasteiger partial charge >= 0.3 is 0 Å². The van der Waals surface area contributed by atoms with Gasteiger partial charge in [-0.1, -0.05) is 25.3 Å². The highest BCUT2D eigenvalue weighted by Crippen LogP contribution is 2.30. The molecule has 25 heavy (non-hydrogen) atoms. The molecule has 3 heterocycles. The molecule has 1 saturated heterocycles. The third kappa shape index (κ3) is 4.05. The standard InChI is InChI=1S/C18H26N4OS2/c24-18-21(14-20-8-10-23-11-9-20)19-17(13-16-7-4-12-25-16)22(18)15-5-2-1-3-6-15/h4,7,12,15H,1-3,5-6,8-11,13-14H2/p+1. The Morgan fingerprint density at radius 3 is 2.76 bits per heavy atom. The summed E-state index contributed by atoms with van der Waals surface area (Å²) < 4.78 is 10.9. The second-order valence-electron chi connectivity index (χ2n) is 7.14. The zero-order chi connectivity index (χ0) is 17.1. The van der Waals surface area contributed by atoms with E-state index in [0.29, 0.717) is 6.04 Å². The molecule has 1 N–H and O–H groups in total. The van der Waals surface area contributed by atoms with E-state index < -0.39 is 0 Å². The summed E-state index contributed by atoms with van der Waals surface area (Å²) in [5.74, 6) is 1.15. The van der Waals surface area contributed by atoms with Crippen LogP contribution in [0.2, 0.25) is 0 Å². The van der Waals surface area contributed by atoms with E-state index in [-0.39, 0.29) is 0 Å². The number of aromatic nitrogens is 3. The molecule has 4 rings (SSSR count). The first kappa shape index (κ1) is 17.4. The van der Waals surface area contributed by atoms with Crippen molar-refractivity contribution in [2.45, 2.75) is 51.2 Å². The van der Waals surface area contributed by atoms with Crippen LogP contribution in [0.15, 0.2) is 17.5 Å². The lowest BCUT2D eigenvalue weighted by molar-refractivity contribution is -0.931. The first-order chi connectivity index (χ1) is 12.3. The van der Waals surface area contributed by atoms with Crippen LogP contribution in [0.1, 0.15) is 48.8 Å². The van der Waals surface area contributed by atoms with Crippen molar-refractivity contribution in [1.29, 1.82) is 0 Å². The molecule has 136 valence electrons. The minimum atomic E-state index is 0.532. The van der Waals surface area contributed by atoms with Gasteiger partial charge in [0.1, 0.15) is 18.9 Å². The van der Waals surface area contributed by atoms with Crippen molar-refractivity contribution in [3.05, 3.63) is 33.0 Å². The average molecular weight is 380 g/mol. The largest absolute Gasteiger partial charge is 0.370 e. The van der Waals surface area contributed by atoms with Crippen LogP contribution in [-0.4, -0.2) is 40.7 Å². The predicted octanol–water partition coefficient (Wildman–Crippen LogP) is 2.44. The van der Waals surface area contributed by atoms with Crippen LogP contribution in [-0.2, 0) is 17.8 Å². The molecule has 0 aromatic carbocycles. The molecule has 0 bridgehead atoms. The van der Waals surface area contributed by atoms with Crippen molar-refractivity contribution >= 4 is 23.6 Å². The van der Waals surface area contributed by atoms with Gasteiger partial charge in [0.2, 0.25) is 4.77 Å². The van der Waals surface area contributed by atoms with Crippen LogP contribution in [0.5, 0.6) is 0 Å². The summed E-state index contributed by atoms with van der Waals surface area (Å²) in [5.41, 5.74) is 0. The number of ether oxygens (including phenoxy) is 1. The van der Waals surface area contributed by atoms with Crippen molar-refractivity contribution in [3.63, 3.8) is 0 Å². The summed E-state index contributed by atoms with van der Waals surface area (Å²) in [6, 6.07) is 4.85. The molecule has 0 amide bonds. The highest BCUT2D eigenvalue weighted by atomic mass is 32.1. The van der Waals surface area contributed by atoms with E-state index >= 15 is 0 Å². The Balaban J connectivity index is 1.62. The number of rotatable bonds is 5. The zero-order valence-electron chi connectivity index (χ0n) is 14.7. The molecule has 1 aliphatic carbocycles. The highest BCUT2D eigenvalue weighted by molar-refractivity contribution is 7.71. The summed E-state index contributed by atoms with van der Waals surface area (Å²) in [5, 5.41) is 7.12. The lowest BCUT2D eigenvalue weighted by atomic mass is 9.95. The van der Waals surface area contributed by atoms with Crippen molar-refractivity contribution in [3.8, 4) is 0 Å². The number of morpholine rings is 1. The summed E-state index contributed by atoms with van der Waals surface area (Å²) in [6.45, 7) is 4.62. The quantitative estimate of drug-likeness (QED) is 0.811. The summed E-state index contributed by atoms with van der Waals surface area (Å²) >= 11 is 7.69. The number of quaternary nitrogens is 1. The van der Waals surface area contributed by atoms with E-state index in [2.05, 4.69) is 26.8 Å². The van der Waals surface area contributed by atoms with E-state index in [9.17, 15) is 0 Å². The Hall–Kier alpha value is -1.02. The molecule has 2 aromatic heterocycles. The molecule has 2 aliphatic rings. The number of nitrogens with zero attached hydrogens (tertiary/aromatic N) is 3. The van der Waals surface area contributed by atoms with E-state index in [4.69, 9.17) is 22.1 Å². The van der Waals surface area contributed by atoms with E-state index in [1.54, 1.807) is 11.3 Å². The topological polar surface area (TPSA) is 36.4 Å². The zero-order valence-corrected chi connectivity index (χ0v) is 16.3. The van der Waals surface area contributed by atoms with Crippen LogP contribution in [0.3, 0.4) is 0 Å². The number of thiophene rings is 1. The van der Waals surface area contributed by atoms with Crippen LogP contribution in [0, 0.1) is 4.77 Å². The first-order valence-corrected chi connectivity index (χ1v) is 10.7. The normalized spacial score (nSPS) is 20.2. The van der Waals surface area contributed by atoms with Crippen molar-refractivity contribution in [2.75, 3.05) is 26.3 Å². The lowest BCUT2D eigenvalue weighted by Gasteiger charge is -2.24. The average Bonchev–Trinajstić information content (AvgIpc) is 3.26. The Bertz CT molecular complexity index is 725. The Morgan fingerprint density at radius 1 is 1.24 bits per heavy atom. The fraction of sp³-hybridized carbons (Fsp3) is 0.667. The Labute approximate surface area is 158 Å². The third-order valence-corrected chi connectivity index (χ3v) is 6.65. The SMILES string of the molecule is S=c1n(C[NH+]2CCOCC2)nc(Cc2cccs2)n1C1CCCCC1. The predicted molar refractivity (Wildman–Crippen MR) is 102 cm³/mol. The maximum atomic E-state index is 5.88. The number of hydrogen-bond donors (Lipinski definition) is 1. The highest BCUT2D eigenvalue weighted by Gasteiger charge is 2.24. The molecule has 2 aromatic rings. The van der Waals surface area contributed by atoms with Gasteiger partial charge in [-0.25, -0.2) is 0 Å². The molecule has 5 nitrogen and oxygen atoms in total. The molecule has 0 unspecified atom stereocenters. The maximum Gasteiger partial charge on any atom is 0.203 e.